The molecule has 0 saturated carbocycles. The fourth-order valence-electron chi connectivity index (χ4n) is 2.44. The van der Waals surface area contributed by atoms with Gasteiger partial charge >= 0.3 is 0 Å². The summed E-state index contributed by atoms with van der Waals surface area (Å²) in [6, 6.07) is 11.7. The van der Waals surface area contributed by atoms with E-state index in [2.05, 4.69) is 52.3 Å². The molecule has 4 nitrogen and oxygen atoms in total. The first-order valence-corrected chi connectivity index (χ1v) is 7.85. The predicted octanol–water partition coefficient (Wildman–Crippen LogP) is 4.81. The number of para-hydroxylation sites is 1. The van der Waals surface area contributed by atoms with Gasteiger partial charge in [-0.3, -0.25) is 4.98 Å². The number of anilines is 2. The SMILES string of the molecule is CCc1cccc(C)c1Nc1cc(Cl)nc(-c2cccnc2)n1. The minimum Gasteiger partial charge on any atom is -0.340 e. The molecule has 0 fully saturated rings. The number of halogens is 1. The molecule has 0 aliphatic rings. The van der Waals surface area contributed by atoms with Gasteiger partial charge < -0.3 is 5.32 Å². The molecule has 3 rings (SSSR count). The van der Waals surface area contributed by atoms with Crippen LogP contribution in [0.1, 0.15) is 18.1 Å². The summed E-state index contributed by atoms with van der Waals surface area (Å²) in [5.41, 5.74) is 4.31. The highest BCUT2D eigenvalue weighted by atomic mass is 35.5. The van der Waals surface area contributed by atoms with Crippen LogP contribution in [-0.4, -0.2) is 15.0 Å². The molecule has 3 aromatic rings. The second-order valence-corrected chi connectivity index (χ2v) is 5.62. The van der Waals surface area contributed by atoms with Crippen molar-refractivity contribution in [1.82, 2.24) is 15.0 Å². The summed E-state index contributed by atoms with van der Waals surface area (Å²) in [7, 11) is 0. The molecule has 0 bridgehead atoms. The number of nitrogens with one attached hydrogen (secondary N) is 1. The fraction of sp³-hybridized carbons (Fsp3) is 0.167. The van der Waals surface area contributed by atoms with Crippen molar-refractivity contribution in [3.05, 3.63) is 65.1 Å². The summed E-state index contributed by atoms with van der Waals surface area (Å²) in [6.07, 6.45) is 4.38. The average molecular weight is 325 g/mol. The van der Waals surface area contributed by atoms with E-state index in [-0.39, 0.29) is 0 Å². The van der Waals surface area contributed by atoms with Gasteiger partial charge in [-0.1, -0.05) is 36.7 Å². The molecule has 0 amide bonds. The molecular formula is C18H17ClN4. The molecule has 1 N–H and O–H groups in total. The highest BCUT2D eigenvalue weighted by molar-refractivity contribution is 6.29. The summed E-state index contributed by atoms with van der Waals surface area (Å²) < 4.78 is 0. The second-order valence-electron chi connectivity index (χ2n) is 5.23. The zero-order valence-electron chi connectivity index (χ0n) is 13.0. The van der Waals surface area contributed by atoms with Gasteiger partial charge in [0.25, 0.3) is 0 Å². The van der Waals surface area contributed by atoms with Gasteiger partial charge in [0.05, 0.1) is 0 Å². The van der Waals surface area contributed by atoms with Crippen molar-refractivity contribution < 1.29 is 0 Å². The molecular weight excluding hydrogens is 308 g/mol. The number of nitrogens with zero attached hydrogens (tertiary/aromatic N) is 3. The van der Waals surface area contributed by atoms with E-state index in [0.29, 0.717) is 16.8 Å². The summed E-state index contributed by atoms with van der Waals surface area (Å²) >= 11 is 6.17. The van der Waals surface area contributed by atoms with E-state index < -0.39 is 0 Å². The number of aryl methyl sites for hydroxylation is 2. The Morgan fingerprint density at radius 2 is 2.00 bits per heavy atom. The second kappa shape index (κ2) is 6.75. The maximum absolute atomic E-state index is 6.17. The van der Waals surface area contributed by atoms with Crippen LogP contribution in [0.3, 0.4) is 0 Å². The van der Waals surface area contributed by atoms with Gasteiger partial charge in [0.1, 0.15) is 11.0 Å². The lowest BCUT2D eigenvalue weighted by Crippen LogP contribution is -2.02. The maximum Gasteiger partial charge on any atom is 0.164 e. The van der Waals surface area contributed by atoms with Crippen LogP contribution in [0.5, 0.6) is 0 Å². The van der Waals surface area contributed by atoms with Gasteiger partial charge in [-0.25, -0.2) is 9.97 Å². The maximum atomic E-state index is 6.17. The molecule has 2 aromatic heterocycles. The van der Waals surface area contributed by atoms with Crippen LogP contribution in [0.2, 0.25) is 5.15 Å². The van der Waals surface area contributed by atoms with E-state index in [1.807, 2.05) is 12.1 Å². The van der Waals surface area contributed by atoms with E-state index in [0.717, 1.165) is 17.7 Å². The largest absolute Gasteiger partial charge is 0.340 e. The molecule has 0 unspecified atom stereocenters. The van der Waals surface area contributed by atoms with Crippen molar-refractivity contribution in [2.75, 3.05) is 5.32 Å². The number of benzene rings is 1. The highest BCUT2D eigenvalue weighted by Gasteiger charge is 2.09. The van der Waals surface area contributed by atoms with Crippen molar-refractivity contribution in [2.45, 2.75) is 20.3 Å². The molecule has 23 heavy (non-hydrogen) atoms. The Balaban J connectivity index is 2.00. The standard InChI is InChI=1S/C18H17ClN4/c1-3-13-7-4-6-12(2)17(13)22-16-10-15(19)21-18(23-16)14-8-5-9-20-11-14/h4-11H,3H2,1-2H3,(H,21,22,23). The quantitative estimate of drug-likeness (QED) is 0.700. The smallest absolute Gasteiger partial charge is 0.164 e. The summed E-state index contributed by atoms with van der Waals surface area (Å²) in [4.78, 5) is 13.0. The van der Waals surface area contributed by atoms with Crippen LogP contribution in [0, 0.1) is 6.92 Å². The third-order valence-corrected chi connectivity index (χ3v) is 3.80. The van der Waals surface area contributed by atoms with Crippen molar-refractivity contribution >= 4 is 23.1 Å². The lowest BCUT2D eigenvalue weighted by Gasteiger charge is -2.14. The zero-order chi connectivity index (χ0) is 16.2. The van der Waals surface area contributed by atoms with Crippen LogP contribution >= 0.6 is 11.6 Å². The molecule has 0 spiro atoms. The Hall–Kier alpha value is -2.46. The van der Waals surface area contributed by atoms with Crippen LogP contribution in [0.15, 0.2) is 48.8 Å². The van der Waals surface area contributed by atoms with Gasteiger partial charge in [0.2, 0.25) is 0 Å². The number of hydrogen-bond acceptors (Lipinski definition) is 4. The summed E-state index contributed by atoms with van der Waals surface area (Å²) in [5.74, 6) is 1.23. The first kappa shape index (κ1) is 15.4. The first-order chi connectivity index (χ1) is 11.2. The minimum absolute atomic E-state index is 0.396. The van der Waals surface area contributed by atoms with Crippen molar-refractivity contribution in [1.29, 1.82) is 0 Å². The Bertz CT molecular complexity index is 819. The van der Waals surface area contributed by atoms with Gasteiger partial charge in [-0.15, -0.1) is 0 Å². The highest BCUT2D eigenvalue weighted by Crippen LogP contribution is 2.27. The third kappa shape index (κ3) is 3.48. The normalized spacial score (nSPS) is 10.6. The minimum atomic E-state index is 0.396. The van der Waals surface area contributed by atoms with Crippen molar-refractivity contribution in [3.8, 4) is 11.4 Å². The molecule has 5 heteroatoms. The van der Waals surface area contributed by atoms with Crippen LogP contribution in [0.25, 0.3) is 11.4 Å². The van der Waals surface area contributed by atoms with E-state index in [1.165, 1.54) is 11.1 Å². The van der Waals surface area contributed by atoms with E-state index in [9.17, 15) is 0 Å². The predicted molar refractivity (Wildman–Crippen MR) is 94.1 cm³/mol. The molecule has 0 saturated heterocycles. The number of rotatable bonds is 4. The zero-order valence-corrected chi connectivity index (χ0v) is 13.8. The van der Waals surface area contributed by atoms with Crippen molar-refractivity contribution in [2.24, 2.45) is 0 Å². The number of pyridine rings is 1. The Labute approximate surface area is 140 Å². The van der Waals surface area contributed by atoms with E-state index in [1.54, 1.807) is 18.5 Å². The van der Waals surface area contributed by atoms with Crippen LogP contribution < -0.4 is 5.32 Å². The van der Waals surface area contributed by atoms with E-state index in [4.69, 9.17) is 11.6 Å². The van der Waals surface area contributed by atoms with E-state index >= 15 is 0 Å². The Kier molecular flexibility index (Phi) is 4.53. The summed E-state index contributed by atoms with van der Waals surface area (Å²) in [6.45, 7) is 4.21. The lowest BCUT2D eigenvalue weighted by atomic mass is 10.1. The monoisotopic (exact) mass is 324 g/mol. The topological polar surface area (TPSA) is 50.7 Å². The van der Waals surface area contributed by atoms with Crippen LogP contribution in [0.4, 0.5) is 11.5 Å². The first-order valence-electron chi connectivity index (χ1n) is 7.48. The molecule has 0 aliphatic carbocycles. The Morgan fingerprint density at radius 1 is 1.13 bits per heavy atom. The van der Waals surface area contributed by atoms with Gasteiger partial charge in [0, 0.05) is 29.7 Å². The lowest BCUT2D eigenvalue weighted by molar-refractivity contribution is 1.12. The molecule has 0 radical (unpaired) electrons. The molecule has 2 heterocycles. The molecule has 1 aromatic carbocycles. The summed E-state index contributed by atoms with van der Waals surface area (Å²) in [5, 5.41) is 3.78. The average Bonchev–Trinajstić information content (AvgIpc) is 2.57. The van der Waals surface area contributed by atoms with Gasteiger partial charge in [-0.2, -0.15) is 0 Å². The molecule has 116 valence electrons. The fourth-order valence-corrected chi connectivity index (χ4v) is 2.62. The third-order valence-electron chi connectivity index (χ3n) is 3.61. The van der Waals surface area contributed by atoms with Gasteiger partial charge in [0.15, 0.2) is 5.82 Å². The molecule has 0 atom stereocenters. The molecule has 0 aliphatic heterocycles. The number of aromatic nitrogens is 3. The number of hydrogen-bond donors (Lipinski definition) is 1. The van der Waals surface area contributed by atoms with Crippen molar-refractivity contribution in [3.63, 3.8) is 0 Å². The van der Waals surface area contributed by atoms with Gasteiger partial charge in [-0.05, 0) is 36.6 Å². The van der Waals surface area contributed by atoms with Crippen LogP contribution in [-0.2, 0) is 6.42 Å². The Morgan fingerprint density at radius 3 is 2.74 bits per heavy atom.